The predicted octanol–water partition coefficient (Wildman–Crippen LogP) is 2.26. The van der Waals surface area contributed by atoms with Crippen LogP contribution in [0.25, 0.3) is 0 Å². The average Bonchev–Trinajstić information content (AvgIpc) is 2.75. The molecule has 0 spiro atoms. The van der Waals surface area contributed by atoms with Gasteiger partial charge in [-0.3, -0.25) is 5.32 Å². The molecule has 2 unspecified atom stereocenters. The molecule has 0 radical (unpaired) electrons. The maximum absolute atomic E-state index is 5.80. The monoisotopic (exact) mass is 221 g/mol. The van der Waals surface area contributed by atoms with Crippen LogP contribution in [0, 0.1) is 0 Å². The van der Waals surface area contributed by atoms with Gasteiger partial charge in [-0.2, -0.15) is 0 Å². The number of nitrogens with one attached hydrogen (secondary N) is 1. The Morgan fingerprint density at radius 1 is 1.50 bits per heavy atom. The van der Waals surface area contributed by atoms with Crippen molar-refractivity contribution < 1.29 is 9.47 Å². The first-order chi connectivity index (χ1) is 7.74. The van der Waals surface area contributed by atoms with Crippen molar-refractivity contribution in [3.05, 3.63) is 29.3 Å². The van der Waals surface area contributed by atoms with Crippen LogP contribution in [0.5, 0.6) is 5.75 Å². The summed E-state index contributed by atoms with van der Waals surface area (Å²) < 4.78 is 11.2. The van der Waals surface area contributed by atoms with Crippen LogP contribution < -0.4 is 10.1 Å². The van der Waals surface area contributed by atoms with Gasteiger partial charge in [-0.1, -0.05) is 13.0 Å². The second-order valence-corrected chi connectivity index (χ2v) is 4.11. The van der Waals surface area contributed by atoms with Gasteiger partial charge < -0.3 is 9.47 Å². The minimum atomic E-state index is 0.108. The van der Waals surface area contributed by atoms with E-state index in [0.717, 1.165) is 24.3 Å². The molecule has 88 valence electrons. The average molecular weight is 221 g/mol. The largest absolute Gasteiger partial charge is 0.496 e. The topological polar surface area (TPSA) is 30.5 Å². The first kappa shape index (κ1) is 11.4. The summed E-state index contributed by atoms with van der Waals surface area (Å²) in [6, 6.07) is 6.32. The summed E-state index contributed by atoms with van der Waals surface area (Å²) in [5.74, 6) is 0.915. The van der Waals surface area contributed by atoms with Gasteiger partial charge in [0.05, 0.1) is 7.11 Å². The molecule has 16 heavy (non-hydrogen) atoms. The van der Waals surface area contributed by atoms with E-state index in [1.807, 2.05) is 13.0 Å². The number of rotatable bonds is 3. The zero-order chi connectivity index (χ0) is 11.5. The molecule has 1 aromatic carbocycles. The van der Waals surface area contributed by atoms with E-state index < -0.39 is 0 Å². The zero-order valence-corrected chi connectivity index (χ0v) is 10.1. The van der Waals surface area contributed by atoms with Crippen molar-refractivity contribution in [2.75, 3.05) is 13.7 Å². The Morgan fingerprint density at radius 2 is 2.31 bits per heavy atom. The number of hydrogen-bond acceptors (Lipinski definition) is 3. The molecule has 0 amide bonds. The van der Waals surface area contributed by atoms with E-state index in [0.29, 0.717) is 0 Å². The molecule has 2 rings (SSSR count). The third kappa shape index (κ3) is 2.20. The van der Waals surface area contributed by atoms with Gasteiger partial charge in [-0.15, -0.1) is 0 Å². The number of hydrogen-bond donors (Lipinski definition) is 1. The Morgan fingerprint density at radius 3 is 2.88 bits per heavy atom. The second-order valence-electron chi connectivity index (χ2n) is 4.11. The first-order valence-corrected chi connectivity index (χ1v) is 5.80. The third-order valence-corrected chi connectivity index (χ3v) is 3.01. The molecule has 0 aliphatic carbocycles. The van der Waals surface area contributed by atoms with Crippen molar-refractivity contribution in [1.82, 2.24) is 5.32 Å². The molecule has 0 bridgehead atoms. The minimum Gasteiger partial charge on any atom is -0.496 e. The molecule has 0 aromatic heterocycles. The summed E-state index contributed by atoms with van der Waals surface area (Å²) in [6.45, 7) is 5.03. The summed E-state index contributed by atoms with van der Waals surface area (Å²) in [5.41, 5.74) is 2.47. The fraction of sp³-hybridized carbons (Fsp3) is 0.538. The van der Waals surface area contributed by atoms with Crippen LogP contribution in [0.15, 0.2) is 18.2 Å². The summed E-state index contributed by atoms with van der Waals surface area (Å²) in [7, 11) is 1.70. The second kappa shape index (κ2) is 4.85. The molecule has 3 heteroatoms. The molecule has 3 nitrogen and oxygen atoms in total. The van der Waals surface area contributed by atoms with Gasteiger partial charge in [0, 0.05) is 12.1 Å². The molecule has 1 aliphatic rings. The van der Waals surface area contributed by atoms with E-state index in [9.17, 15) is 0 Å². The summed E-state index contributed by atoms with van der Waals surface area (Å²) in [6.07, 6.45) is 1.27. The SMILES string of the molecule is CCc1ccc(OC)c(C2CNC(C)O2)c1. The van der Waals surface area contributed by atoms with E-state index in [-0.39, 0.29) is 12.3 Å². The van der Waals surface area contributed by atoms with Crippen LogP contribution in [-0.4, -0.2) is 19.9 Å². The van der Waals surface area contributed by atoms with E-state index >= 15 is 0 Å². The highest BCUT2D eigenvalue weighted by Crippen LogP contribution is 2.31. The molecule has 1 fully saturated rings. The lowest BCUT2D eigenvalue weighted by Gasteiger charge is -2.15. The lowest BCUT2D eigenvalue weighted by atomic mass is 10.0. The maximum Gasteiger partial charge on any atom is 0.124 e. The molecule has 2 atom stereocenters. The third-order valence-electron chi connectivity index (χ3n) is 3.01. The maximum atomic E-state index is 5.80. The van der Waals surface area contributed by atoms with Crippen molar-refractivity contribution in [2.24, 2.45) is 0 Å². The molecule has 1 saturated heterocycles. The molecule has 0 saturated carbocycles. The molecular formula is C13H19NO2. The number of benzene rings is 1. The van der Waals surface area contributed by atoms with Gasteiger partial charge >= 0.3 is 0 Å². The standard InChI is InChI=1S/C13H19NO2/c1-4-10-5-6-12(15-3)11(7-10)13-8-14-9(2)16-13/h5-7,9,13-14H,4,8H2,1-3H3. The van der Waals surface area contributed by atoms with Gasteiger partial charge in [0.25, 0.3) is 0 Å². The molecule has 1 N–H and O–H groups in total. The van der Waals surface area contributed by atoms with Crippen LogP contribution >= 0.6 is 0 Å². The molecule has 1 aromatic rings. The van der Waals surface area contributed by atoms with Crippen molar-refractivity contribution in [3.8, 4) is 5.75 Å². The highest BCUT2D eigenvalue weighted by molar-refractivity contribution is 5.39. The van der Waals surface area contributed by atoms with E-state index in [4.69, 9.17) is 9.47 Å². The van der Waals surface area contributed by atoms with Gasteiger partial charge in [0.1, 0.15) is 18.1 Å². The summed E-state index contributed by atoms with van der Waals surface area (Å²) >= 11 is 0. The van der Waals surface area contributed by atoms with Gasteiger partial charge in [0.15, 0.2) is 0 Å². The fourth-order valence-corrected chi connectivity index (χ4v) is 2.05. The highest BCUT2D eigenvalue weighted by Gasteiger charge is 2.25. The van der Waals surface area contributed by atoms with Crippen molar-refractivity contribution >= 4 is 0 Å². The number of aryl methyl sites for hydroxylation is 1. The highest BCUT2D eigenvalue weighted by atomic mass is 16.5. The molecule has 1 heterocycles. The normalized spacial score (nSPS) is 24.7. The van der Waals surface area contributed by atoms with Gasteiger partial charge in [-0.05, 0) is 31.0 Å². The number of methoxy groups -OCH3 is 1. The van der Waals surface area contributed by atoms with Crippen LogP contribution in [-0.2, 0) is 11.2 Å². The Bertz CT molecular complexity index is 365. The van der Waals surface area contributed by atoms with Crippen molar-refractivity contribution in [3.63, 3.8) is 0 Å². The van der Waals surface area contributed by atoms with Crippen LogP contribution in [0.4, 0.5) is 0 Å². The quantitative estimate of drug-likeness (QED) is 0.849. The number of ether oxygens (including phenoxy) is 2. The van der Waals surface area contributed by atoms with Crippen molar-refractivity contribution in [1.29, 1.82) is 0 Å². The lowest BCUT2D eigenvalue weighted by molar-refractivity contribution is 0.0516. The summed E-state index contributed by atoms with van der Waals surface area (Å²) in [5, 5.41) is 3.28. The summed E-state index contributed by atoms with van der Waals surface area (Å²) in [4.78, 5) is 0. The Kier molecular flexibility index (Phi) is 3.46. The fourth-order valence-electron chi connectivity index (χ4n) is 2.05. The minimum absolute atomic E-state index is 0.108. The van der Waals surface area contributed by atoms with Crippen LogP contribution in [0.1, 0.15) is 31.1 Å². The van der Waals surface area contributed by atoms with Crippen LogP contribution in [0.2, 0.25) is 0 Å². The Labute approximate surface area is 96.8 Å². The van der Waals surface area contributed by atoms with E-state index in [2.05, 4.69) is 24.4 Å². The smallest absolute Gasteiger partial charge is 0.124 e. The molecular weight excluding hydrogens is 202 g/mol. The lowest BCUT2D eigenvalue weighted by Crippen LogP contribution is -2.17. The van der Waals surface area contributed by atoms with E-state index in [1.165, 1.54) is 5.56 Å². The van der Waals surface area contributed by atoms with Crippen molar-refractivity contribution in [2.45, 2.75) is 32.6 Å². The molecule has 1 aliphatic heterocycles. The van der Waals surface area contributed by atoms with Gasteiger partial charge in [0.2, 0.25) is 0 Å². The Balaban J connectivity index is 2.29. The predicted molar refractivity (Wildman–Crippen MR) is 63.7 cm³/mol. The van der Waals surface area contributed by atoms with E-state index in [1.54, 1.807) is 7.11 Å². The van der Waals surface area contributed by atoms with Gasteiger partial charge in [-0.25, -0.2) is 0 Å². The Hall–Kier alpha value is -1.06. The zero-order valence-electron chi connectivity index (χ0n) is 10.1. The van der Waals surface area contributed by atoms with Crippen LogP contribution in [0.3, 0.4) is 0 Å². The first-order valence-electron chi connectivity index (χ1n) is 5.80.